The van der Waals surface area contributed by atoms with Gasteiger partial charge in [-0.3, -0.25) is 0 Å². The summed E-state index contributed by atoms with van der Waals surface area (Å²) in [6, 6.07) is 4.99. The molecular weight excluding hydrogens is 496 g/mol. The minimum absolute atomic E-state index is 0.00406. The highest BCUT2D eigenvalue weighted by atomic mass is 79.9. The number of allylic oxidation sites excluding steroid dienone is 1. The number of carbonyl (C=O) groups is 1. The van der Waals surface area contributed by atoms with Crippen LogP contribution in [0, 0.1) is 11.3 Å². The summed E-state index contributed by atoms with van der Waals surface area (Å²) in [7, 11) is -3.34. The minimum atomic E-state index is -3.34. The minimum Gasteiger partial charge on any atom is -0.462 e. The summed E-state index contributed by atoms with van der Waals surface area (Å²) in [5, 5.41) is -0.292. The summed E-state index contributed by atoms with van der Waals surface area (Å²) in [4.78, 5) is 13.1. The molecule has 3 aliphatic rings. The lowest BCUT2D eigenvalue weighted by Gasteiger charge is -2.41. The van der Waals surface area contributed by atoms with E-state index in [-0.39, 0.29) is 28.1 Å². The highest BCUT2D eigenvalue weighted by molar-refractivity contribution is 9.10. The van der Waals surface area contributed by atoms with Gasteiger partial charge >= 0.3 is 5.97 Å². The Labute approximate surface area is 198 Å². The molecule has 2 saturated carbocycles. The molecule has 2 aliphatic carbocycles. The van der Waals surface area contributed by atoms with Crippen molar-refractivity contribution in [2.45, 2.75) is 68.8 Å². The van der Waals surface area contributed by atoms with Gasteiger partial charge in [0, 0.05) is 22.7 Å². The van der Waals surface area contributed by atoms with E-state index in [1.165, 1.54) is 0 Å². The fourth-order valence-electron chi connectivity index (χ4n) is 4.33. The molecule has 1 aromatic rings. The largest absolute Gasteiger partial charge is 0.462 e. The van der Waals surface area contributed by atoms with Crippen LogP contribution < -0.4 is 0 Å². The third-order valence-electron chi connectivity index (χ3n) is 6.33. The second-order valence-corrected chi connectivity index (χ2v) is 12.9. The molecule has 6 nitrogen and oxygen atoms in total. The molecule has 8 heteroatoms. The van der Waals surface area contributed by atoms with Gasteiger partial charge in [-0.25, -0.2) is 13.2 Å². The highest BCUT2D eigenvalue weighted by Gasteiger charge is 2.46. The van der Waals surface area contributed by atoms with E-state index in [0.29, 0.717) is 48.1 Å². The predicted octanol–water partition coefficient (Wildman–Crippen LogP) is 4.90. The quantitative estimate of drug-likeness (QED) is 0.387. The lowest BCUT2D eigenvalue weighted by Crippen LogP contribution is -2.46. The van der Waals surface area contributed by atoms with E-state index in [2.05, 4.69) is 29.8 Å². The van der Waals surface area contributed by atoms with E-state index in [9.17, 15) is 13.2 Å². The lowest BCUT2D eigenvalue weighted by molar-refractivity contribution is -0.295. The van der Waals surface area contributed by atoms with Crippen molar-refractivity contribution in [3.63, 3.8) is 0 Å². The molecule has 4 rings (SSSR count). The van der Waals surface area contributed by atoms with Crippen LogP contribution in [-0.4, -0.2) is 45.2 Å². The number of hydrogen-bond donors (Lipinski definition) is 0. The van der Waals surface area contributed by atoms with Crippen LogP contribution in [0.5, 0.6) is 0 Å². The van der Waals surface area contributed by atoms with Crippen LogP contribution in [0.4, 0.5) is 0 Å². The van der Waals surface area contributed by atoms with Crippen molar-refractivity contribution < 1.29 is 27.4 Å². The van der Waals surface area contributed by atoms with Crippen LogP contribution in [0.1, 0.15) is 58.4 Å². The van der Waals surface area contributed by atoms with Gasteiger partial charge in [0.2, 0.25) is 0 Å². The van der Waals surface area contributed by atoms with E-state index in [4.69, 9.17) is 14.2 Å². The van der Waals surface area contributed by atoms with Crippen LogP contribution in [0.25, 0.3) is 5.57 Å². The Morgan fingerprint density at radius 2 is 1.91 bits per heavy atom. The summed E-state index contributed by atoms with van der Waals surface area (Å²) >= 11 is 3.42. The van der Waals surface area contributed by atoms with Crippen molar-refractivity contribution >= 4 is 37.3 Å². The predicted molar refractivity (Wildman–Crippen MR) is 125 cm³/mol. The molecule has 176 valence electrons. The van der Waals surface area contributed by atoms with Crippen LogP contribution >= 0.6 is 15.9 Å². The molecule has 0 aromatic heterocycles. The van der Waals surface area contributed by atoms with Gasteiger partial charge in [0.25, 0.3) is 0 Å². The number of ether oxygens (including phenoxy) is 3. The first-order chi connectivity index (χ1) is 15.1. The maximum Gasteiger partial charge on any atom is 0.338 e. The molecule has 0 N–H and O–H groups in total. The zero-order valence-corrected chi connectivity index (χ0v) is 21.3. The Bertz CT molecular complexity index is 1010. The van der Waals surface area contributed by atoms with Crippen molar-refractivity contribution in [1.82, 2.24) is 0 Å². The second kappa shape index (κ2) is 8.85. The first-order valence-electron chi connectivity index (χ1n) is 11.3. The second-order valence-electron chi connectivity index (χ2n) is 9.85. The number of sulfone groups is 1. The molecule has 1 atom stereocenters. The van der Waals surface area contributed by atoms with E-state index in [1.807, 2.05) is 6.08 Å². The Kier molecular flexibility index (Phi) is 6.62. The average Bonchev–Trinajstić information content (AvgIpc) is 3.52. The Morgan fingerprint density at radius 1 is 1.22 bits per heavy atom. The van der Waals surface area contributed by atoms with Gasteiger partial charge in [-0.1, -0.05) is 26.0 Å². The molecule has 32 heavy (non-hydrogen) atoms. The summed E-state index contributed by atoms with van der Waals surface area (Å²) in [6.45, 7) is 7.58. The number of halogens is 1. The van der Waals surface area contributed by atoms with Gasteiger partial charge in [-0.05, 0) is 65.7 Å². The third-order valence-corrected chi connectivity index (χ3v) is 9.57. The summed E-state index contributed by atoms with van der Waals surface area (Å²) in [5.74, 6) is -0.895. The summed E-state index contributed by atoms with van der Waals surface area (Å²) in [5.41, 5.74) is 1.09. The molecule has 1 aliphatic heterocycles. The van der Waals surface area contributed by atoms with Gasteiger partial charge in [-0.15, -0.1) is 0 Å². The van der Waals surface area contributed by atoms with Crippen molar-refractivity contribution in [3.05, 3.63) is 34.3 Å². The van der Waals surface area contributed by atoms with Crippen molar-refractivity contribution in [2.75, 3.05) is 19.8 Å². The molecule has 0 bridgehead atoms. The van der Waals surface area contributed by atoms with Gasteiger partial charge in [-0.2, -0.15) is 0 Å². The molecule has 0 amide bonds. The van der Waals surface area contributed by atoms with E-state index in [0.717, 1.165) is 12.8 Å². The monoisotopic (exact) mass is 526 g/mol. The van der Waals surface area contributed by atoms with Gasteiger partial charge in [0.1, 0.15) is 0 Å². The SMILES string of the molecule is CCOC(=O)C(=CC1CCC2(C1)OCC(C)(C)CO2)c1ccc(S(=O)(=O)C2CC2)c(Br)c1. The Balaban J connectivity index is 1.59. The maximum atomic E-state index is 12.8. The number of carbonyl (C=O) groups excluding carboxylic acids is 1. The smallest absolute Gasteiger partial charge is 0.338 e. The fourth-order valence-corrected chi connectivity index (χ4v) is 7.09. The molecule has 1 unspecified atom stereocenters. The normalized spacial score (nSPS) is 25.1. The van der Waals surface area contributed by atoms with Gasteiger partial charge < -0.3 is 14.2 Å². The fraction of sp³-hybridized carbons (Fsp3) is 0.625. The van der Waals surface area contributed by atoms with Crippen LogP contribution in [-0.2, 0) is 28.8 Å². The first kappa shape index (κ1) is 23.9. The zero-order chi connectivity index (χ0) is 23.1. The summed E-state index contributed by atoms with van der Waals surface area (Å²) in [6.07, 6.45) is 5.66. The van der Waals surface area contributed by atoms with Crippen LogP contribution in [0.15, 0.2) is 33.6 Å². The molecule has 1 spiro atoms. The molecule has 1 saturated heterocycles. The van der Waals surface area contributed by atoms with E-state index in [1.54, 1.807) is 25.1 Å². The van der Waals surface area contributed by atoms with Gasteiger partial charge in [0.05, 0.1) is 35.5 Å². The van der Waals surface area contributed by atoms with E-state index >= 15 is 0 Å². The Hall–Kier alpha value is -1.22. The Morgan fingerprint density at radius 3 is 2.50 bits per heavy atom. The number of rotatable bonds is 6. The van der Waals surface area contributed by atoms with Crippen LogP contribution in [0.3, 0.4) is 0 Å². The standard InChI is InChI=1S/C24H31BrO6S/c1-4-29-22(26)19(11-16-9-10-24(13-16)30-14-23(2,3)15-31-24)17-5-8-21(20(25)12-17)32(27,28)18-6-7-18/h5,8,11-12,16,18H,4,6-7,9-10,13-15H2,1-3H3. The third kappa shape index (κ3) is 4.98. The van der Waals surface area contributed by atoms with Crippen molar-refractivity contribution in [1.29, 1.82) is 0 Å². The number of hydrogen-bond acceptors (Lipinski definition) is 6. The zero-order valence-electron chi connectivity index (χ0n) is 18.9. The van der Waals surface area contributed by atoms with E-state index < -0.39 is 21.6 Å². The first-order valence-corrected chi connectivity index (χ1v) is 13.6. The highest BCUT2D eigenvalue weighted by Crippen LogP contribution is 2.45. The van der Waals surface area contributed by atoms with Crippen LogP contribution in [0.2, 0.25) is 0 Å². The molecule has 3 fully saturated rings. The molecule has 1 heterocycles. The lowest BCUT2D eigenvalue weighted by atomic mass is 9.94. The average molecular weight is 527 g/mol. The van der Waals surface area contributed by atoms with Gasteiger partial charge in [0.15, 0.2) is 15.6 Å². The summed E-state index contributed by atoms with van der Waals surface area (Å²) < 4.78 is 43.4. The van der Waals surface area contributed by atoms with Crippen molar-refractivity contribution in [2.24, 2.45) is 11.3 Å². The molecule has 0 radical (unpaired) electrons. The number of benzene rings is 1. The topological polar surface area (TPSA) is 78.9 Å². The maximum absolute atomic E-state index is 12.8. The molecular formula is C24H31BrO6S. The number of esters is 1. The van der Waals surface area contributed by atoms with Crippen molar-refractivity contribution in [3.8, 4) is 0 Å². The molecule has 1 aromatic carbocycles.